The molecule has 0 spiro atoms. The molecule has 2 amide bonds. The average molecular weight is 570 g/mol. The molecule has 174 valence electrons. The third-order valence-corrected chi connectivity index (χ3v) is 7.46. The van der Waals surface area contributed by atoms with Crippen molar-refractivity contribution in [2.45, 2.75) is 65.3 Å². The molecule has 1 saturated heterocycles. The fourth-order valence-corrected chi connectivity index (χ4v) is 5.96. The lowest BCUT2D eigenvalue weighted by molar-refractivity contribution is -0.141. The van der Waals surface area contributed by atoms with Crippen LogP contribution in [0.5, 0.6) is 0 Å². The first-order valence-electron chi connectivity index (χ1n) is 10.7. The molecular formula is C23H31IN4O3S. The van der Waals surface area contributed by atoms with Gasteiger partial charge >= 0.3 is 0 Å². The Morgan fingerprint density at radius 1 is 1.28 bits per heavy atom. The number of likely N-dealkylation sites (tertiary alicyclic amines) is 1. The molecule has 32 heavy (non-hydrogen) atoms. The maximum absolute atomic E-state index is 13.2. The van der Waals surface area contributed by atoms with Gasteiger partial charge < -0.3 is 15.3 Å². The van der Waals surface area contributed by atoms with Crippen LogP contribution < -0.4 is 8.85 Å². The standard InChI is InChI=1S/C23H31IN4O3S/c1-13(15-6-8-16(9-7-15)19-14(2)25-12-32-19)26-21(30)18-10-17(29)11-28(18)22(31)20(27-24)23(3,4)5/h6-9,12-13,17-18,20,27,29H,10-11H2,1-5H3,(H,26,30)/t13-,17+,18-,20+/m0/s1. The molecule has 3 N–H and O–H groups in total. The number of hydrogen-bond acceptors (Lipinski definition) is 6. The molecular weight excluding hydrogens is 539 g/mol. The predicted molar refractivity (Wildman–Crippen MR) is 135 cm³/mol. The van der Waals surface area contributed by atoms with Crippen LogP contribution in [0.4, 0.5) is 0 Å². The van der Waals surface area contributed by atoms with Gasteiger partial charge in [-0.1, -0.05) is 45.0 Å². The van der Waals surface area contributed by atoms with Gasteiger partial charge in [0.1, 0.15) is 12.1 Å². The highest BCUT2D eigenvalue weighted by Gasteiger charge is 2.43. The first-order chi connectivity index (χ1) is 15.0. The highest BCUT2D eigenvalue weighted by atomic mass is 127. The van der Waals surface area contributed by atoms with Crippen molar-refractivity contribution in [2.24, 2.45) is 5.41 Å². The predicted octanol–water partition coefficient (Wildman–Crippen LogP) is 3.61. The summed E-state index contributed by atoms with van der Waals surface area (Å²) >= 11 is 3.58. The number of halogens is 1. The molecule has 1 aromatic carbocycles. The lowest BCUT2D eigenvalue weighted by atomic mass is 9.86. The number of carbonyl (C=O) groups is 2. The van der Waals surface area contributed by atoms with Crippen LogP contribution in [0.15, 0.2) is 29.8 Å². The number of hydrogen-bond donors (Lipinski definition) is 3. The average Bonchev–Trinajstić information content (AvgIpc) is 3.33. The van der Waals surface area contributed by atoms with Gasteiger partial charge in [0.2, 0.25) is 11.8 Å². The molecule has 1 fully saturated rings. The zero-order chi connectivity index (χ0) is 23.6. The minimum absolute atomic E-state index is 0.166. The number of aliphatic hydroxyl groups is 1. The molecule has 2 heterocycles. The highest BCUT2D eigenvalue weighted by molar-refractivity contribution is 14.1. The van der Waals surface area contributed by atoms with Crippen LogP contribution in [-0.4, -0.2) is 51.5 Å². The van der Waals surface area contributed by atoms with E-state index < -0.39 is 18.2 Å². The summed E-state index contributed by atoms with van der Waals surface area (Å²) in [5, 5.41) is 13.2. The first-order valence-corrected chi connectivity index (χ1v) is 12.6. The molecule has 4 atom stereocenters. The number of β-amino-alcohol motifs (C(OH)–C–C–N with tert-alkyl or cyclic N) is 1. The Morgan fingerprint density at radius 3 is 2.47 bits per heavy atom. The summed E-state index contributed by atoms with van der Waals surface area (Å²) in [5.74, 6) is -0.411. The second-order valence-corrected chi connectivity index (χ2v) is 10.9. The minimum atomic E-state index is -0.707. The summed E-state index contributed by atoms with van der Waals surface area (Å²) in [7, 11) is 0. The van der Waals surface area contributed by atoms with Gasteiger partial charge in [-0.3, -0.25) is 9.59 Å². The molecule has 2 aromatic rings. The third-order valence-electron chi connectivity index (χ3n) is 5.86. The topological polar surface area (TPSA) is 94.6 Å². The summed E-state index contributed by atoms with van der Waals surface area (Å²) < 4.78 is 3.04. The van der Waals surface area contributed by atoms with Crippen LogP contribution in [0.3, 0.4) is 0 Å². The second-order valence-electron chi connectivity index (χ2n) is 9.42. The van der Waals surface area contributed by atoms with Gasteiger partial charge in [0, 0.05) is 35.8 Å². The Morgan fingerprint density at radius 2 is 1.94 bits per heavy atom. The van der Waals surface area contributed by atoms with Crippen LogP contribution in [0, 0.1) is 12.3 Å². The lowest BCUT2D eigenvalue weighted by Crippen LogP contribution is -2.55. The molecule has 7 nitrogen and oxygen atoms in total. The van der Waals surface area contributed by atoms with E-state index in [9.17, 15) is 14.7 Å². The number of nitrogens with zero attached hydrogens (tertiary/aromatic N) is 2. The van der Waals surface area contributed by atoms with Crippen molar-refractivity contribution < 1.29 is 14.7 Å². The Kier molecular flexibility index (Phi) is 7.95. The SMILES string of the molecule is Cc1ncsc1-c1ccc([C@H](C)NC(=O)[C@@H]2C[C@@H](O)CN2C(=O)[C@@H](NI)C(C)(C)C)cc1. The van der Waals surface area contributed by atoms with Crippen LogP contribution in [0.1, 0.15) is 51.4 Å². The monoisotopic (exact) mass is 570 g/mol. The number of carbonyl (C=O) groups excluding carboxylic acids is 2. The number of benzene rings is 1. The maximum atomic E-state index is 13.2. The minimum Gasteiger partial charge on any atom is -0.391 e. The van der Waals surface area contributed by atoms with Crippen molar-refractivity contribution in [3.63, 3.8) is 0 Å². The quantitative estimate of drug-likeness (QED) is 0.365. The normalized spacial score (nSPS) is 20.8. The molecule has 9 heteroatoms. The van der Waals surface area contributed by atoms with E-state index in [0.717, 1.165) is 21.7 Å². The van der Waals surface area contributed by atoms with Gasteiger partial charge in [0.15, 0.2) is 0 Å². The molecule has 0 unspecified atom stereocenters. The number of aryl methyl sites for hydroxylation is 1. The van der Waals surface area contributed by atoms with Crippen molar-refractivity contribution in [2.75, 3.05) is 6.54 Å². The van der Waals surface area contributed by atoms with E-state index in [4.69, 9.17) is 0 Å². The molecule has 0 saturated carbocycles. The van der Waals surface area contributed by atoms with Crippen LogP contribution in [0.25, 0.3) is 10.4 Å². The molecule has 0 bridgehead atoms. The lowest BCUT2D eigenvalue weighted by Gasteiger charge is -2.34. The Balaban J connectivity index is 1.70. The second kappa shape index (κ2) is 10.1. The van der Waals surface area contributed by atoms with Crippen molar-refractivity contribution in [1.29, 1.82) is 0 Å². The number of amides is 2. The fourth-order valence-electron chi connectivity index (χ4n) is 3.95. The van der Waals surface area contributed by atoms with Gasteiger partial charge in [-0.05, 0) is 30.4 Å². The van der Waals surface area contributed by atoms with E-state index in [-0.39, 0.29) is 36.2 Å². The van der Waals surface area contributed by atoms with Crippen molar-refractivity contribution >= 4 is 46.0 Å². The van der Waals surface area contributed by atoms with Gasteiger partial charge in [-0.15, -0.1) is 11.3 Å². The zero-order valence-electron chi connectivity index (χ0n) is 19.1. The van der Waals surface area contributed by atoms with Crippen LogP contribution >= 0.6 is 34.2 Å². The van der Waals surface area contributed by atoms with E-state index >= 15 is 0 Å². The van der Waals surface area contributed by atoms with Gasteiger partial charge in [0.25, 0.3) is 0 Å². The summed E-state index contributed by atoms with van der Waals surface area (Å²) in [6.45, 7) is 10.0. The van der Waals surface area contributed by atoms with Crippen molar-refractivity contribution in [3.8, 4) is 10.4 Å². The van der Waals surface area contributed by atoms with E-state index in [1.165, 1.54) is 4.90 Å². The van der Waals surface area contributed by atoms with E-state index in [1.807, 2.05) is 87.3 Å². The highest BCUT2D eigenvalue weighted by Crippen LogP contribution is 2.29. The largest absolute Gasteiger partial charge is 0.391 e. The van der Waals surface area contributed by atoms with Crippen LogP contribution in [-0.2, 0) is 9.59 Å². The van der Waals surface area contributed by atoms with E-state index in [2.05, 4.69) is 13.8 Å². The maximum Gasteiger partial charge on any atom is 0.243 e. The van der Waals surface area contributed by atoms with Gasteiger partial charge in [-0.25, -0.2) is 8.51 Å². The smallest absolute Gasteiger partial charge is 0.243 e. The van der Waals surface area contributed by atoms with Gasteiger partial charge in [-0.2, -0.15) is 0 Å². The van der Waals surface area contributed by atoms with Crippen molar-refractivity contribution in [1.82, 2.24) is 18.7 Å². The summed E-state index contributed by atoms with van der Waals surface area (Å²) in [6, 6.07) is 6.71. The zero-order valence-corrected chi connectivity index (χ0v) is 22.0. The molecule has 1 aliphatic heterocycles. The van der Waals surface area contributed by atoms with Crippen molar-refractivity contribution in [3.05, 3.63) is 41.0 Å². The fraction of sp³-hybridized carbons (Fsp3) is 0.522. The van der Waals surface area contributed by atoms with Crippen LogP contribution in [0.2, 0.25) is 0 Å². The molecule has 0 radical (unpaired) electrons. The summed E-state index contributed by atoms with van der Waals surface area (Å²) in [5.41, 5.74) is 4.59. The number of aliphatic hydroxyl groups excluding tert-OH is 1. The molecule has 1 aliphatic rings. The Hall–Kier alpha value is -1.56. The number of nitrogens with one attached hydrogen (secondary N) is 2. The van der Waals surface area contributed by atoms with E-state index in [0.29, 0.717) is 0 Å². The van der Waals surface area contributed by atoms with Gasteiger partial charge in [0.05, 0.1) is 28.2 Å². The summed E-state index contributed by atoms with van der Waals surface area (Å²) in [4.78, 5) is 33.2. The molecule has 1 aromatic heterocycles. The first kappa shape index (κ1) is 25.1. The number of thiazole rings is 1. The Bertz CT molecular complexity index is 957. The molecule has 3 rings (SSSR count). The Labute approximate surface area is 207 Å². The number of aromatic nitrogens is 1. The van der Waals surface area contributed by atoms with E-state index in [1.54, 1.807) is 11.3 Å². The summed E-state index contributed by atoms with van der Waals surface area (Å²) in [6.07, 6.45) is -0.465. The molecule has 0 aliphatic carbocycles. The third kappa shape index (κ3) is 5.49. The number of rotatable bonds is 6.